The first-order valence-corrected chi connectivity index (χ1v) is 8.62. The smallest absolute Gasteiger partial charge is 0.223 e. The molecule has 128 valence electrons. The molecule has 1 aliphatic heterocycles. The van der Waals surface area contributed by atoms with Gasteiger partial charge in [0.2, 0.25) is 5.91 Å². The summed E-state index contributed by atoms with van der Waals surface area (Å²) in [5.74, 6) is 0.588. The lowest BCUT2D eigenvalue weighted by molar-refractivity contribution is -0.128. The summed E-state index contributed by atoms with van der Waals surface area (Å²) in [5, 5.41) is 1.23. The van der Waals surface area contributed by atoms with E-state index in [1.807, 2.05) is 4.90 Å². The van der Waals surface area contributed by atoms with Crippen molar-refractivity contribution in [2.24, 2.45) is 5.92 Å². The molecule has 1 fully saturated rings. The second-order valence-electron chi connectivity index (χ2n) is 6.94. The molecule has 1 amide bonds. The number of amides is 1. The minimum absolute atomic E-state index is 0.238. The fourth-order valence-electron chi connectivity index (χ4n) is 3.58. The minimum atomic E-state index is 0.238. The van der Waals surface area contributed by atoms with Crippen molar-refractivity contribution in [3.63, 3.8) is 0 Å². The van der Waals surface area contributed by atoms with Crippen LogP contribution >= 0.6 is 0 Å². The number of hydrogen-bond donors (Lipinski definition) is 0. The Morgan fingerprint density at radius 1 is 1.25 bits per heavy atom. The van der Waals surface area contributed by atoms with Crippen molar-refractivity contribution in [2.75, 3.05) is 26.8 Å². The number of rotatable bonds is 5. The second-order valence-corrected chi connectivity index (χ2v) is 6.94. The molecule has 4 nitrogen and oxygen atoms in total. The molecule has 0 bridgehead atoms. The topological polar surface area (TPSA) is 42.4 Å². The first kappa shape index (κ1) is 16.9. The zero-order valence-corrected chi connectivity index (χ0v) is 15.1. The molecule has 24 heavy (non-hydrogen) atoms. The van der Waals surface area contributed by atoms with E-state index in [1.165, 1.54) is 22.1 Å². The molecule has 0 saturated carbocycles. The van der Waals surface area contributed by atoms with Gasteiger partial charge in [-0.25, -0.2) is 0 Å². The number of pyridine rings is 1. The van der Waals surface area contributed by atoms with Crippen LogP contribution in [0.3, 0.4) is 0 Å². The lowest BCUT2D eigenvalue weighted by Gasteiger charge is -2.16. The molecule has 3 rings (SSSR count). The van der Waals surface area contributed by atoms with Gasteiger partial charge < -0.3 is 9.64 Å². The average Bonchev–Trinajstić information content (AvgIpc) is 2.89. The molecule has 1 aliphatic rings. The molecule has 1 saturated heterocycles. The van der Waals surface area contributed by atoms with Gasteiger partial charge in [0.15, 0.2) is 0 Å². The van der Waals surface area contributed by atoms with Crippen LogP contribution in [0.15, 0.2) is 18.2 Å². The fourth-order valence-corrected chi connectivity index (χ4v) is 3.58. The molecule has 0 radical (unpaired) electrons. The summed E-state index contributed by atoms with van der Waals surface area (Å²) in [7, 11) is 1.67. The van der Waals surface area contributed by atoms with Gasteiger partial charge in [0.25, 0.3) is 0 Å². The Labute approximate surface area is 143 Å². The third-order valence-corrected chi connectivity index (χ3v) is 5.12. The molecule has 0 aliphatic carbocycles. The van der Waals surface area contributed by atoms with Crippen molar-refractivity contribution >= 4 is 16.8 Å². The van der Waals surface area contributed by atoms with Crippen molar-refractivity contribution in [3.05, 3.63) is 40.6 Å². The van der Waals surface area contributed by atoms with E-state index in [9.17, 15) is 4.79 Å². The van der Waals surface area contributed by atoms with Crippen LogP contribution in [0, 0.1) is 26.7 Å². The molecule has 1 aromatic carbocycles. The maximum Gasteiger partial charge on any atom is 0.223 e. The van der Waals surface area contributed by atoms with Crippen LogP contribution in [0.1, 0.15) is 28.8 Å². The van der Waals surface area contributed by atoms with E-state index in [4.69, 9.17) is 9.72 Å². The maximum atomic E-state index is 12.1. The van der Waals surface area contributed by atoms with Gasteiger partial charge in [-0.2, -0.15) is 0 Å². The molecule has 2 heterocycles. The van der Waals surface area contributed by atoms with Gasteiger partial charge in [-0.15, -0.1) is 0 Å². The number of fused-ring (bicyclic) bond motifs is 1. The Kier molecular flexibility index (Phi) is 4.86. The normalized spacial score (nSPS) is 17.9. The fraction of sp³-hybridized carbons (Fsp3) is 0.500. The summed E-state index contributed by atoms with van der Waals surface area (Å²) in [6.45, 7) is 8.51. The maximum absolute atomic E-state index is 12.1. The molecule has 4 heteroatoms. The number of carbonyl (C=O) groups excluding carboxylic acids is 1. The SMILES string of the molecule is COCCN1CC(Cc2cc(C)c3ccc(C)c(C)c3n2)CC1=O. The van der Waals surface area contributed by atoms with Crippen LogP contribution in [0.25, 0.3) is 10.9 Å². The highest BCUT2D eigenvalue weighted by molar-refractivity contribution is 5.86. The number of ether oxygens (including phenoxy) is 1. The Morgan fingerprint density at radius 2 is 2.04 bits per heavy atom. The van der Waals surface area contributed by atoms with Crippen LogP contribution in [-0.4, -0.2) is 42.6 Å². The van der Waals surface area contributed by atoms with E-state index in [0.717, 1.165) is 24.2 Å². The molecule has 0 N–H and O–H groups in total. The van der Waals surface area contributed by atoms with Crippen molar-refractivity contribution in [3.8, 4) is 0 Å². The predicted molar refractivity (Wildman–Crippen MR) is 96.2 cm³/mol. The summed E-state index contributed by atoms with van der Waals surface area (Å²) in [5.41, 5.74) is 5.99. The number of nitrogens with zero attached hydrogens (tertiary/aromatic N) is 2. The number of benzene rings is 1. The highest BCUT2D eigenvalue weighted by Gasteiger charge is 2.29. The van der Waals surface area contributed by atoms with E-state index in [0.29, 0.717) is 25.5 Å². The Hall–Kier alpha value is -1.94. The highest BCUT2D eigenvalue weighted by atomic mass is 16.5. The number of aromatic nitrogens is 1. The van der Waals surface area contributed by atoms with Crippen molar-refractivity contribution in [1.29, 1.82) is 0 Å². The lowest BCUT2D eigenvalue weighted by Crippen LogP contribution is -2.29. The van der Waals surface area contributed by atoms with Crippen molar-refractivity contribution < 1.29 is 9.53 Å². The zero-order chi connectivity index (χ0) is 17.3. The van der Waals surface area contributed by atoms with Gasteiger partial charge in [-0.3, -0.25) is 9.78 Å². The predicted octanol–water partition coefficient (Wildman–Crippen LogP) is 3.20. The quantitative estimate of drug-likeness (QED) is 0.847. The summed E-state index contributed by atoms with van der Waals surface area (Å²) >= 11 is 0. The highest BCUT2D eigenvalue weighted by Crippen LogP contribution is 2.26. The Morgan fingerprint density at radius 3 is 2.79 bits per heavy atom. The molecule has 0 spiro atoms. The summed E-state index contributed by atoms with van der Waals surface area (Å²) in [6, 6.07) is 6.50. The number of aryl methyl sites for hydroxylation is 3. The van der Waals surface area contributed by atoms with Gasteiger partial charge in [0.1, 0.15) is 0 Å². The third kappa shape index (κ3) is 3.29. The van der Waals surface area contributed by atoms with E-state index >= 15 is 0 Å². The first-order chi connectivity index (χ1) is 11.5. The van der Waals surface area contributed by atoms with Crippen LogP contribution in [0.4, 0.5) is 0 Å². The number of methoxy groups -OCH3 is 1. The van der Waals surface area contributed by atoms with Gasteiger partial charge in [-0.05, 0) is 55.9 Å². The number of hydrogen-bond acceptors (Lipinski definition) is 3. The van der Waals surface area contributed by atoms with E-state index in [2.05, 4.69) is 39.0 Å². The van der Waals surface area contributed by atoms with Gasteiger partial charge in [0, 0.05) is 37.7 Å². The van der Waals surface area contributed by atoms with Crippen LogP contribution in [-0.2, 0) is 16.0 Å². The van der Waals surface area contributed by atoms with Crippen LogP contribution in [0.5, 0.6) is 0 Å². The lowest BCUT2D eigenvalue weighted by atomic mass is 9.97. The number of likely N-dealkylation sites (tertiary alicyclic amines) is 1. The summed E-state index contributed by atoms with van der Waals surface area (Å²) in [4.78, 5) is 18.9. The molecular formula is C20H26N2O2. The molecule has 1 aromatic heterocycles. The standard InChI is InChI=1S/C20H26N2O2/c1-13-5-6-18-14(2)9-17(21-20(18)15(13)3)10-16-11-19(23)22(12-16)7-8-24-4/h5-6,9,16H,7-8,10-12H2,1-4H3. The summed E-state index contributed by atoms with van der Waals surface area (Å²) in [6.07, 6.45) is 1.48. The van der Waals surface area contributed by atoms with Gasteiger partial charge >= 0.3 is 0 Å². The number of carbonyl (C=O) groups is 1. The average molecular weight is 326 g/mol. The van der Waals surface area contributed by atoms with E-state index in [1.54, 1.807) is 7.11 Å². The largest absolute Gasteiger partial charge is 0.383 e. The van der Waals surface area contributed by atoms with E-state index < -0.39 is 0 Å². The van der Waals surface area contributed by atoms with Gasteiger partial charge in [0.05, 0.1) is 12.1 Å². The van der Waals surface area contributed by atoms with Crippen LogP contribution < -0.4 is 0 Å². The first-order valence-electron chi connectivity index (χ1n) is 8.62. The molecular weight excluding hydrogens is 300 g/mol. The van der Waals surface area contributed by atoms with Crippen LogP contribution in [0.2, 0.25) is 0 Å². The Bertz CT molecular complexity index is 770. The van der Waals surface area contributed by atoms with Crippen molar-refractivity contribution in [2.45, 2.75) is 33.6 Å². The van der Waals surface area contributed by atoms with E-state index in [-0.39, 0.29) is 5.91 Å². The van der Waals surface area contributed by atoms with Crippen molar-refractivity contribution in [1.82, 2.24) is 9.88 Å². The third-order valence-electron chi connectivity index (χ3n) is 5.12. The molecule has 1 atom stereocenters. The molecule has 1 unspecified atom stereocenters. The van der Waals surface area contributed by atoms with Gasteiger partial charge in [-0.1, -0.05) is 12.1 Å². The monoisotopic (exact) mass is 326 g/mol. The summed E-state index contributed by atoms with van der Waals surface area (Å²) < 4.78 is 5.09. The zero-order valence-electron chi connectivity index (χ0n) is 15.1. The second kappa shape index (κ2) is 6.89. The minimum Gasteiger partial charge on any atom is -0.383 e. The molecule has 2 aromatic rings. The Balaban J connectivity index is 1.81.